The van der Waals surface area contributed by atoms with Gasteiger partial charge in [0, 0.05) is 19.3 Å². The summed E-state index contributed by atoms with van der Waals surface area (Å²) in [7, 11) is -8.40. The number of nitrogen functional groups attached to an aromatic ring is 1. The Morgan fingerprint density at radius 1 is 1.00 bits per heavy atom. The van der Waals surface area contributed by atoms with Crippen LogP contribution in [0.4, 0.5) is 5.82 Å². The lowest BCUT2D eigenvalue weighted by Gasteiger charge is -2.43. The van der Waals surface area contributed by atoms with Crippen molar-refractivity contribution in [2.45, 2.75) is 94.5 Å². The maximum absolute atomic E-state index is 12.2. The zero-order chi connectivity index (χ0) is 40.5. The second-order valence-corrected chi connectivity index (χ2v) is 16.7. The number of carbonyl (C=O) groups is 1. The number of phosphoric acid groups is 2. The fourth-order valence-electron chi connectivity index (χ4n) is 6.80. The molecule has 0 amide bonds. The number of ether oxygens (including phenoxy) is 4. The molecular formula is C30H39BrN10O14P2. The third-order valence-electron chi connectivity index (χ3n) is 9.32. The largest absolute Gasteiger partial charge is 0.484 e. The highest BCUT2D eigenvalue weighted by molar-refractivity contribution is 9.10. The van der Waals surface area contributed by atoms with Gasteiger partial charge >= 0.3 is 21.6 Å². The first-order chi connectivity index (χ1) is 27.3. The van der Waals surface area contributed by atoms with Crippen LogP contribution in [0.1, 0.15) is 57.2 Å². The lowest BCUT2D eigenvalue weighted by Crippen LogP contribution is -2.53. The molecule has 0 aromatic carbocycles. The zero-order valence-corrected chi connectivity index (χ0v) is 33.4. The van der Waals surface area contributed by atoms with Gasteiger partial charge in [0.05, 0.1) is 37.9 Å². The summed E-state index contributed by atoms with van der Waals surface area (Å²) in [6, 6.07) is 0. The van der Waals surface area contributed by atoms with E-state index in [4.69, 9.17) is 48.2 Å². The maximum Gasteiger partial charge on any atom is 0.472 e. The third kappa shape index (κ3) is 9.19. The number of aromatic nitrogens is 8. The van der Waals surface area contributed by atoms with E-state index in [9.17, 15) is 28.8 Å². The summed E-state index contributed by atoms with van der Waals surface area (Å²) in [5, 5.41) is 17.2. The molecule has 10 atom stereocenters. The number of hydrogen-bond acceptors (Lipinski definition) is 20. The summed E-state index contributed by atoms with van der Waals surface area (Å²) < 4.78 is 69.6. The Bertz CT molecular complexity index is 2200. The second-order valence-electron chi connectivity index (χ2n) is 13.2. The fourth-order valence-corrected chi connectivity index (χ4v) is 9.33. The molecule has 0 aliphatic carbocycles. The van der Waals surface area contributed by atoms with Crippen LogP contribution in [0.25, 0.3) is 22.3 Å². The second kappa shape index (κ2) is 17.3. The molecule has 4 aromatic rings. The SMILES string of the molecule is CCCC(=O)OC1CC(n2cnc3c(CCCOC=N)ncnc32)OC2COP(=O)(O)OC12.Nc1ncnc2c1nc(Br)n2C1CC(O)C2OP(=O)(O)OCC2O1. The molecule has 0 bridgehead atoms. The summed E-state index contributed by atoms with van der Waals surface area (Å²) in [6.07, 6.45) is 1.16. The first-order valence-corrected chi connectivity index (χ1v) is 21.5. The summed E-state index contributed by atoms with van der Waals surface area (Å²) in [5.41, 5.74) is 8.52. The van der Waals surface area contributed by atoms with E-state index < -0.39 is 70.7 Å². The summed E-state index contributed by atoms with van der Waals surface area (Å²) in [5.74, 6) is -0.198. The number of imidazole rings is 2. The molecule has 10 unspecified atom stereocenters. The minimum absolute atomic E-state index is 0.106. The number of aliphatic hydroxyl groups is 1. The number of aryl methyl sites for hydroxylation is 1. The van der Waals surface area contributed by atoms with Gasteiger partial charge in [-0.3, -0.25) is 37.4 Å². The normalized spacial score (nSPS) is 32.4. The highest BCUT2D eigenvalue weighted by Crippen LogP contribution is 2.53. The molecule has 0 radical (unpaired) electrons. The van der Waals surface area contributed by atoms with Gasteiger partial charge in [0.1, 0.15) is 61.1 Å². The first-order valence-electron chi connectivity index (χ1n) is 17.7. The Morgan fingerprint density at radius 3 is 2.42 bits per heavy atom. The lowest BCUT2D eigenvalue weighted by molar-refractivity contribution is -0.221. The van der Waals surface area contributed by atoms with Gasteiger partial charge in [-0.25, -0.2) is 39.0 Å². The number of nitrogens with two attached hydrogens (primary N) is 1. The van der Waals surface area contributed by atoms with Crippen LogP contribution in [0.2, 0.25) is 0 Å². The molecular weight excluding hydrogens is 866 g/mol. The van der Waals surface area contributed by atoms with Crippen molar-refractivity contribution in [3.05, 3.63) is 29.4 Å². The van der Waals surface area contributed by atoms with E-state index in [2.05, 4.69) is 45.8 Å². The molecule has 4 saturated heterocycles. The molecule has 24 nitrogen and oxygen atoms in total. The molecule has 27 heteroatoms. The van der Waals surface area contributed by atoms with Crippen molar-refractivity contribution in [3.8, 4) is 0 Å². The minimum atomic E-state index is -4.25. The molecule has 6 N–H and O–H groups in total. The van der Waals surface area contributed by atoms with Gasteiger partial charge in [-0.05, 0) is 35.2 Å². The van der Waals surface area contributed by atoms with Crippen molar-refractivity contribution < 1.29 is 65.9 Å². The van der Waals surface area contributed by atoms with E-state index in [-0.39, 0.29) is 38.3 Å². The Kier molecular flexibility index (Phi) is 12.6. The monoisotopic (exact) mass is 904 g/mol. The van der Waals surface area contributed by atoms with Gasteiger partial charge < -0.3 is 39.6 Å². The van der Waals surface area contributed by atoms with E-state index in [1.165, 1.54) is 12.7 Å². The lowest BCUT2D eigenvalue weighted by atomic mass is 10.0. The van der Waals surface area contributed by atoms with E-state index in [1.807, 2.05) is 6.92 Å². The highest BCUT2D eigenvalue weighted by Gasteiger charge is 2.51. The van der Waals surface area contributed by atoms with Crippen LogP contribution in [0.3, 0.4) is 0 Å². The number of carbonyl (C=O) groups excluding carboxylic acids is 1. The van der Waals surface area contributed by atoms with Gasteiger partial charge in [-0.1, -0.05) is 6.92 Å². The van der Waals surface area contributed by atoms with Crippen LogP contribution in [-0.2, 0) is 57.4 Å². The number of aliphatic hydroxyl groups excluding tert-OH is 1. The predicted octanol–water partition coefficient (Wildman–Crippen LogP) is 2.23. The van der Waals surface area contributed by atoms with Crippen LogP contribution in [0, 0.1) is 5.41 Å². The smallest absolute Gasteiger partial charge is 0.472 e. The molecule has 8 heterocycles. The zero-order valence-electron chi connectivity index (χ0n) is 30.1. The third-order valence-corrected chi connectivity index (χ3v) is 11.9. The number of phosphoric ester groups is 2. The Balaban J connectivity index is 0.000000183. The number of hydrogen-bond donors (Lipinski definition) is 5. The molecule has 4 aliphatic heterocycles. The predicted molar refractivity (Wildman–Crippen MR) is 195 cm³/mol. The average molecular weight is 906 g/mol. The average Bonchev–Trinajstić information content (AvgIpc) is 3.76. The van der Waals surface area contributed by atoms with Crippen molar-refractivity contribution in [3.63, 3.8) is 0 Å². The number of halogens is 1. The van der Waals surface area contributed by atoms with Crippen LogP contribution < -0.4 is 5.73 Å². The van der Waals surface area contributed by atoms with Gasteiger partial charge in [0.15, 0.2) is 33.8 Å². The van der Waals surface area contributed by atoms with E-state index >= 15 is 0 Å². The van der Waals surface area contributed by atoms with Crippen molar-refractivity contribution in [1.82, 2.24) is 39.0 Å². The van der Waals surface area contributed by atoms with E-state index in [1.54, 1.807) is 15.5 Å². The number of esters is 1. The van der Waals surface area contributed by atoms with E-state index in [0.717, 1.165) is 12.1 Å². The van der Waals surface area contributed by atoms with Gasteiger partial charge in [0.25, 0.3) is 0 Å². The highest BCUT2D eigenvalue weighted by atomic mass is 79.9. The van der Waals surface area contributed by atoms with Crippen molar-refractivity contribution in [1.29, 1.82) is 5.41 Å². The molecule has 4 fully saturated rings. The Hall–Kier alpha value is -3.58. The molecule has 310 valence electrons. The van der Waals surface area contributed by atoms with E-state index in [0.29, 0.717) is 52.9 Å². The van der Waals surface area contributed by atoms with Crippen molar-refractivity contribution in [2.75, 3.05) is 25.6 Å². The number of nitrogens with one attached hydrogen (secondary N) is 1. The fraction of sp³-hybridized carbons (Fsp3) is 0.600. The Morgan fingerprint density at radius 2 is 1.68 bits per heavy atom. The van der Waals surface area contributed by atoms with Crippen LogP contribution in [-0.4, -0.2) is 123 Å². The molecule has 0 spiro atoms. The molecule has 4 aliphatic rings. The minimum Gasteiger partial charge on any atom is -0.484 e. The van der Waals surface area contributed by atoms with Crippen LogP contribution >= 0.6 is 31.6 Å². The molecule has 4 aromatic heterocycles. The van der Waals surface area contributed by atoms with Crippen LogP contribution in [0.15, 0.2) is 23.7 Å². The van der Waals surface area contributed by atoms with Gasteiger partial charge in [-0.15, -0.1) is 0 Å². The number of anilines is 1. The molecule has 57 heavy (non-hydrogen) atoms. The summed E-state index contributed by atoms with van der Waals surface area (Å²) in [4.78, 5) is 56.8. The topological polar surface area (TPSA) is 323 Å². The molecule has 8 rings (SSSR count). The van der Waals surface area contributed by atoms with Crippen LogP contribution in [0.5, 0.6) is 0 Å². The first kappa shape index (κ1) is 41.6. The molecule has 0 saturated carbocycles. The quantitative estimate of drug-likeness (QED) is 0.0380. The standard InChI is InChI=1S/C19H26N5O8P.C11H13BrN5O6P/c1-2-4-16(25)31-13-7-15(30-14-8-29-33(26,27)32-18(13)14)24-11-23-17-12(5-3-6-28-9-20)21-10-22-19(17)24;12-11-16-7-9(13)14-3-15-10(7)17(11)6-1-4(18)8-5(22-6)2-21-24(19,20)23-8/h9-11,13-15,18,20H,2-8H2,1H3,(H,26,27);3-6,8,18H,1-2H2,(H,19,20)(H2,13,14,15). The van der Waals surface area contributed by atoms with Gasteiger partial charge in [-0.2, -0.15) is 0 Å². The number of fused-ring (bicyclic) bond motifs is 4. The van der Waals surface area contributed by atoms with Crippen molar-refractivity contribution in [2.24, 2.45) is 0 Å². The summed E-state index contributed by atoms with van der Waals surface area (Å²) in [6.45, 7) is 1.89. The van der Waals surface area contributed by atoms with Gasteiger partial charge in [0.2, 0.25) is 0 Å². The Labute approximate surface area is 331 Å². The maximum atomic E-state index is 12.2. The number of rotatable bonds is 10. The number of nitrogens with zero attached hydrogens (tertiary/aromatic N) is 8. The van der Waals surface area contributed by atoms with Crippen molar-refractivity contribution >= 4 is 72.1 Å². The summed E-state index contributed by atoms with van der Waals surface area (Å²) >= 11 is 3.33.